The summed E-state index contributed by atoms with van der Waals surface area (Å²) in [6.07, 6.45) is 2.54. The molecular formula is C11H20N2O2. The lowest BCUT2D eigenvalue weighted by Gasteiger charge is -2.15. The highest BCUT2D eigenvalue weighted by Crippen LogP contribution is 2.09. The summed E-state index contributed by atoms with van der Waals surface area (Å²) < 4.78 is 0. The normalized spacial score (nSPS) is 21.6. The molecule has 1 fully saturated rings. The zero-order chi connectivity index (χ0) is 11.3. The maximum atomic E-state index is 11.4. The van der Waals surface area contributed by atoms with Gasteiger partial charge < -0.3 is 5.32 Å². The fourth-order valence-electron chi connectivity index (χ4n) is 1.99. The molecule has 0 aromatic carbocycles. The van der Waals surface area contributed by atoms with Crippen LogP contribution < -0.4 is 5.32 Å². The molecule has 1 aliphatic heterocycles. The molecule has 1 saturated heterocycles. The fraction of sp³-hybridized carbons (Fsp3) is 0.818. The molecule has 0 aromatic heterocycles. The monoisotopic (exact) mass is 212 g/mol. The van der Waals surface area contributed by atoms with E-state index in [2.05, 4.69) is 10.2 Å². The third-order valence-corrected chi connectivity index (χ3v) is 2.61. The van der Waals surface area contributed by atoms with E-state index in [1.807, 2.05) is 6.92 Å². The van der Waals surface area contributed by atoms with E-state index < -0.39 is 0 Å². The van der Waals surface area contributed by atoms with Crippen molar-refractivity contribution in [3.05, 3.63) is 0 Å². The van der Waals surface area contributed by atoms with Crippen LogP contribution >= 0.6 is 0 Å². The third-order valence-electron chi connectivity index (χ3n) is 2.61. The molecular weight excluding hydrogens is 192 g/mol. The van der Waals surface area contributed by atoms with Crippen molar-refractivity contribution >= 4 is 11.7 Å². The van der Waals surface area contributed by atoms with Gasteiger partial charge in [-0.25, -0.2) is 0 Å². The Balaban J connectivity index is 2.24. The summed E-state index contributed by atoms with van der Waals surface area (Å²) in [4.78, 5) is 24.4. The van der Waals surface area contributed by atoms with E-state index in [4.69, 9.17) is 0 Å². The Labute approximate surface area is 91.0 Å². The summed E-state index contributed by atoms with van der Waals surface area (Å²) in [5.41, 5.74) is 0. The Bertz CT molecular complexity index is 241. The molecule has 4 heteroatoms. The molecule has 1 unspecified atom stereocenters. The van der Waals surface area contributed by atoms with Gasteiger partial charge in [0.15, 0.2) is 0 Å². The van der Waals surface area contributed by atoms with Crippen molar-refractivity contribution in [2.24, 2.45) is 0 Å². The van der Waals surface area contributed by atoms with E-state index >= 15 is 0 Å². The van der Waals surface area contributed by atoms with Gasteiger partial charge in [-0.15, -0.1) is 0 Å². The first-order chi connectivity index (χ1) is 7.11. The predicted octanol–water partition coefficient (Wildman–Crippen LogP) is 0.566. The summed E-state index contributed by atoms with van der Waals surface area (Å²) in [6, 6.07) is 0.233. The molecule has 1 rings (SSSR count). The standard InChI is InChI=1S/C11H20N2O2/c1-3-4-11(15)8-13-6-5-10(7-13)12-9(2)14/h10H,3-8H2,1-2H3,(H,12,14). The Morgan fingerprint density at radius 2 is 2.20 bits per heavy atom. The molecule has 15 heavy (non-hydrogen) atoms. The van der Waals surface area contributed by atoms with E-state index in [0.717, 1.165) is 25.9 Å². The van der Waals surface area contributed by atoms with E-state index in [1.54, 1.807) is 0 Å². The van der Waals surface area contributed by atoms with Crippen LogP contribution in [0.4, 0.5) is 0 Å². The van der Waals surface area contributed by atoms with Crippen molar-refractivity contribution in [3.63, 3.8) is 0 Å². The van der Waals surface area contributed by atoms with Crippen LogP contribution in [0.25, 0.3) is 0 Å². The molecule has 0 aliphatic carbocycles. The number of hydrogen-bond donors (Lipinski definition) is 1. The second kappa shape index (κ2) is 5.85. The number of hydrogen-bond acceptors (Lipinski definition) is 3. The molecule has 0 bridgehead atoms. The van der Waals surface area contributed by atoms with Crippen molar-refractivity contribution in [2.75, 3.05) is 19.6 Å². The Morgan fingerprint density at radius 1 is 1.47 bits per heavy atom. The van der Waals surface area contributed by atoms with Crippen LogP contribution in [-0.4, -0.2) is 42.3 Å². The smallest absolute Gasteiger partial charge is 0.217 e. The maximum Gasteiger partial charge on any atom is 0.217 e. The van der Waals surface area contributed by atoms with Gasteiger partial charge in [-0.2, -0.15) is 0 Å². The molecule has 1 heterocycles. The number of nitrogens with one attached hydrogen (secondary N) is 1. The highest BCUT2D eigenvalue weighted by molar-refractivity contribution is 5.80. The molecule has 86 valence electrons. The van der Waals surface area contributed by atoms with Gasteiger partial charge in [0.25, 0.3) is 0 Å². The maximum absolute atomic E-state index is 11.4. The minimum Gasteiger partial charge on any atom is -0.352 e. The first-order valence-electron chi connectivity index (χ1n) is 5.63. The van der Waals surface area contributed by atoms with Crippen molar-refractivity contribution < 1.29 is 9.59 Å². The van der Waals surface area contributed by atoms with Crippen LogP contribution in [0.1, 0.15) is 33.1 Å². The molecule has 4 nitrogen and oxygen atoms in total. The van der Waals surface area contributed by atoms with Crippen LogP contribution in [0.2, 0.25) is 0 Å². The van der Waals surface area contributed by atoms with Gasteiger partial charge >= 0.3 is 0 Å². The SMILES string of the molecule is CCCC(=O)CN1CCC(NC(C)=O)C1. The topological polar surface area (TPSA) is 49.4 Å². The number of carbonyl (C=O) groups excluding carboxylic acids is 2. The number of carbonyl (C=O) groups is 2. The average molecular weight is 212 g/mol. The van der Waals surface area contributed by atoms with E-state index in [1.165, 1.54) is 6.92 Å². The Hall–Kier alpha value is -0.900. The van der Waals surface area contributed by atoms with Crippen LogP contribution in [0.3, 0.4) is 0 Å². The summed E-state index contributed by atoms with van der Waals surface area (Å²) in [5.74, 6) is 0.322. The number of nitrogens with zero attached hydrogens (tertiary/aromatic N) is 1. The quantitative estimate of drug-likeness (QED) is 0.724. The van der Waals surface area contributed by atoms with Crippen LogP contribution in [-0.2, 0) is 9.59 Å². The minimum atomic E-state index is 0.0155. The highest BCUT2D eigenvalue weighted by atomic mass is 16.1. The fourth-order valence-corrected chi connectivity index (χ4v) is 1.99. The number of rotatable bonds is 5. The van der Waals surface area contributed by atoms with Gasteiger partial charge in [-0.3, -0.25) is 14.5 Å². The van der Waals surface area contributed by atoms with E-state index in [9.17, 15) is 9.59 Å². The highest BCUT2D eigenvalue weighted by Gasteiger charge is 2.23. The van der Waals surface area contributed by atoms with Crippen LogP contribution in [0, 0.1) is 0 Å². The zero-order valence-electron chi connectivity index (χ0n) is 9.58. The summed E-state index contributed by atoms with van der Waals surface area (Å²) in [5, 5.41) is 2.89. The summed E-state index contributed by atoms with van der Waals surface area (Å²) in [7, 11) is 0. The number of amides is 1. The van der Waals surface area contributed by atoms with Gasteiger partial charge in [-0.05, 0) is 12.8 Å². The number of Topliss-reactive ketones (excluding diaryl/α,β-unsaturated/α-hetero) is 1. The average Bonchev–Trinajstić information content (AvgIpc) is 2.51. The number of ketones is 1. The zero-order valence-corrected chi connectivity index (χ0v) is 9.58. The predicted molar refractivity (Wildman–Crippen MR) is 58.6 cm³/mol. The Kier molecular flexibility index (Phi) is 4.75. The van der Waals surface area contributed by atoms with Crippen LogP contribution in [0.5, 0.6) is 0 Å². The van der Waals surface area contributed by atoms with Crippen LogP contribution in [0.15, 0.2) is 0 Å². The van der Waals surface area contributed by atoms with Gasteiger partial charge in [0.05, 0.1) is 6.54 Å². The van der Waals surface area contributed by atoms with Gasteiger partial charge in [0, 0.05) is 32.5 Å². The third kappa shape index (κ3) is 4.42. The lowest BCUT2D eigenvalue weighted by atomic mass is 10.2. The molecule has 0 spiro atoms. The second-order valence-electron chi connectivity index (χ2n) is 4.21. The molecule has 0 saturated carbocycles. The summed E-state index contributed by atoms with van der Waals surface area (Å²) in [6.45, 7) is 5.83. The molecule has 0 aromatic rings. The van der Waals surface area contributed by atoms with Crippen molar-refractivity contribution in [1.29, 1.82) is 0 Å². The van der Waals surface area contributed by atoms with Crippen molar-refractivity contribution in [2.45, 2.75) is 39.2 Å². The first kappa shape index (κ1) is 12.2. The molecule has 1 amide bonds. The Morgan fingerprint density at radius 3 is 2.80 bits per heavy atom. The lowest BCUT2D eigenvalue weighted by molar-refractivity contribution is -0.120. The van der Waals surface area contributed by atoms with E-state index in [0.29, 0.717) is 18.7 Å². The molecule has 1 atom stereocenters. The van der Waals surface area contributed by atoms with Crippen molar-refractivity contribution in [1.82, 2.24) is 10.2 Å². The van der Waals surface area contributed by atoms with Gasteiger partial charge in [0.1, 0.15) is 5.78 Å². The molecule has 1 aliphatic rings. The number of likely N-dealkylation sites (tertiary alicyclic amines) is 1. The summed E-state index contributed by atoms with van der Waals surface area (Å²) >= 11 is 0. The minimum absolute atomic E-state index is 0.0155. The van der Waals surface area contributed by atoms with Gasteiger partial charge in [-0.1, -0.05) is 6.92 Å². The lowest BCUT2D eigenvalue weighted by Crippen LogP contribution is -2.36. The van der Waals surface area contributed by atoms with E-state index in [-0.39, 0.29) is 11.9 Å². The largest absolute Gasteiger partial charge is 0.352 e. The van der Waals surface area contributed by atoms with Gasteiger partial charge in [0.2, 0.25) is 5.91 Å². The molecule has 1 N–H and O–H groups in total. The first-order valence-corrected chi connectivity index (χ1v) is 5.63. The second-order valence-corrected chi connectivity index (χ2v) is 4.21. The van der Waals surface area contributed by atoms with Crippen molar-refractivity contribution in [3.8, 4) is 0 Å². The molecule has 0 radical (unpaired) electrons.